The lowest BCUT2D eigenvalue weighted by molar-refractivity contribution is -0.127. The van der Waals surface area contributed by atoms with Crippen molar-refractivity contribution < 1.29 is 9.59 Å². The van der Waals surface area contributed by atoms with Gasteiger partial charge >= 0.3 is 6.03 Å². The molecular weight excluding hydrogens is 208 g/mol. The largest absolute Gasteiger partial charge is 0.338 e. The molecule has 2 rings (SSSR count). The van der Waals surface area contributed by atoms with Gasteiger partial charge in [-0.3, -0.25) is 15.1 Å². The molecule has 2 aliphatic heterocycles. The maximum Gasteiger partial charge on any atom is 0.338 e. The van der Waals surface area contributed by atoms with E-state index in [4.69, 9.17) is 5.26 Å². The van der Waals surface area contributed by atoms with Crippen LogP contribution >= 0.6 is 0 Å². The molecule has 86 valence electrons. The fourth-order valence-electron chi connectivity index (χ4n) is 2.06. The third kappa shape index (κ3) is 1.99. The molecule has 0 spiro atoms. The molecule has 2 saturated heterocycles. The summed E-state index contributed by atoms with van der Waals surface area (Å²) in [6.07, 6.45) is 3.27. The van der Waals surface area contributed by atoms with E-state index in [0.717, 1.165) is 25.9 Å². The minimum atomic E-state index is -0.750. The van der Waals surface area contributed by atoms with E-state index in [1.165, 1.54) is 11.4 Å². The lowest BCUT2D eigenvalue weighted by atomic mass is 10.1. The molecule has 6 nitrogen and oxygen atoms in total. The first-order valence-electron chi connectivity index (χ1n) is 5.49. The first-order chi connectivity index (χ1) is 7.72. The molecule has 0 aromatic rings. The number of carbonyl (C=O) groups excluding carboxylic acids is 2. The molecule has 3 amide bonds. The summed E-state index contributed by atoms with van der Waals surface area (Å²) >= 11 is 0. The molecule has 0 bridgehead atoms. The number of piperidine rings is 1. The highest BCUT2D eigenvalue weighted by atomic mass is 16.2. The number of imide groups is 1. The van der Waals surface area contributed by atoms with Crippen molar-refractivity contribution in [1.29, 1.82) is 5.26 Å². The number of nitrogens with zero attached hydrogens (tertiary/aromatic N) is 3. The zero-order valence-electron chi connectivity index (χ0n) is 8.98. The third-order valence-corrected chi connectivity index (χ3v) is 2.97. The Bertz CT molecular complexity index is 343. The van der Waals surface area contributed by atoms with Crippen LogP contribution < -0.4 is 5.32 Å². The van der Waals surface area contributed by atoms with E-state index in [1.807, 2.05) is 11.1 Å². The summed E-state index contributed by atoms with van der Waals surface area (Å²) in [7, 11) is 0. The summed E-state index contributed by atoms with van der Waals surface area (Å²) in [5.41, 5.74) is 0. The highest BCUT2D eigenvalue weighted by Gasteiger charge is 2.35. The lowest BCUT2D eigenvalue weighted by Crippen LogP contribution is -2.60. The third-order valence-electron chi connectivity index (χ3n) is 2.97. The molecule has 1 atom stereocenters. The molecule has 2 aliphatic rings. The molecule has 1 unspecified atom stereocenters. The van der Waals surface area contributed by atoms with Gasteiger partial charge in [-0.15, -0.1) is 0 Å². The van der Waals surface area contributed by atoms with Crippen LogP contribution in [0.25, 0.3) is 0 Å². The Morgan fingerprint density at radius 3 is 2.56 bits per heavy atom. The Kier molecular flexibility index (Phi) is 3.06. The minimum absolute atomic E-state index is 0.182. The first-order valence-corrected chi connectivity index (χ1v) is 5.49. The van der Waals surface area contributed by atoms with Crippen LogP contribution in [0.15, 0.2) is 0 Å². The van der Waals surface area contributed by atoms with Crippen molar-refractivity contribution >= 4 is 11.9 Å². The molecule has 6 heteroatoms. The number of rotatable bonds is 1. The number of nitrogens with one attached hydrogen (secondary N) is 1. The molecule has 0 aromatic carbocycles. The van der Waals surface area contributed by atoms with Crippen LogP contribution in [0.5, 0.6) is 0 Å². The fraction of sp³-hybridized carbons (Fsp3) is 0.700. The Morgan fingerprint density at radius 1 is 1.25 bits per heavy atom. The highest BCUT2D eigenvalue weighted by molar-refractivity contribution is 5.98. The Balaban J connectivity index is 2.05. The molecule has 0 aliphatic carbocycles. The maximum absolute atomic E-state index is 11.6. The Morgan fingerprint density at radius 2 is 1.94 bits per heavy atom. The molecular formula is C10H14N4O2. The summed E-state index contributed by atoms with van der Waals surface area (Å²) < 4.78 is 0. The summed E-state index contributed by atoms with van der Waals surface area (Å²) in [6.45, 7) is 1.82. The molecule has 1 N–H and O–H groups in total. The van der Waals surface area contributed by atoms with E-state index < -0.39 is 17.9 Å². The van der Waals surface area contributed by atoms with Gasteiger partial charge in [-0.1, -0.05) is 6.42 Å². The smallest absolute Gasteiger partial charge is 0.276 e. The van der Waals surface area contributed by atoms with E-state index in [0.29, 0.717) is 0 Å². The van der Waals surface area contributed by atoms with Gasteiger partial charge in [-0.25, -0.2) is 9.80 Å². The van der Waals surface area contributed by atoms with Gasteiger partial charge in [0.2, 0.25) is 5.91 Å². The molecule has 0 aromatic heterocycles. The van der Waals surface area contributed by atoms with Crippen LogP contribution in [0, 0.1) is 17.2 Å². The van der Waals surface area contributed by atoms with Crippen molar-refractivity contribution in [3.8, 4) is 6.07 Å². The maximum atomic E-state index is 11.6. The number of carbonyl (C=O) groups is 2. The van der Waals surface area contributed by atoms with E-state index >= 15 is 0 Å². The quantitative estimate of drug-likeness (QED) is 0.681. The summed E-state index contributed by atoms with van der Waals surface area (Å²) in [5.74, 6) is -1.24. The number of amides is 3. The monoisotopic (exact) mass is 222 g/mol. The van der Waals surface area contributed by atoms with Gasteiger partial charge in [0.15, 0.2) is 0 Å². The van der Waals surface area contributed by atoms with Crippen molar-refractivity contribution in [3.63, 3.8) is 0 Å². The Labute approximate surface area is 93.8 Å². The van der Waals surface area contributed by atoms with Gasteiger partial charge in [0, 0.05) is 13.1 Å². The SMILES string of the molecule is N#CC1CN(N2CCCCC2)C(=O)NC1=O. The number of urea groups is 1. The average Bonchev–Trinajstić information content (AvgIpc) is 2.30. The van der Waals surface area contributed by atoms with Crippen LogP contribution in [0.4, 0.5) is 4.79 Å². The number of nitriles is 1. The predicted octanol–water partition coefficient (Wildman–Crippen LogP) is 0.0789. The first kappa shape index (κ1) is 10.9. The minimum Gasteiger partial charge on any atom is -0.276 e. The van der Waals surface area contributed by atoms with Gasteiger partial charge < -0.3 is 0 Å². The second kappa shape index (κ2) is 4.49. The summed E-state index contributed by atoms with van der Waals surface area (Å²) in [4.78, 5) is 22.9. The average molecular weight is 222 g/mol. The number of hydrogen-bond donors (Lipinski definition) is 1. The van der Waals surface area contributed by atoms with E-state index in [1.54, 1.807) is 0 Å². The summed E-state index contributed by atoms with van der Waals surface area (Å²) in [5, 5.41) is 14.4. The van der Waals surface area contributed by atoms with Crippen LogP contribution in [-0.4, -0.2) is 41.6 Å². The zero-order chi connectivity index (χ0) is 11.5. The molecule has 0 saturated carbocycles. The molecule has 2 fully saturated rings. The van der Waals surface area contributed by atoms with Gasteiger partial charge in [0.25, 0.3) is 0 Å². The lowest BCUT2D eigenvalue weighted by Gasteiger charge is -2.39. The predicted molar refractivity (Wildman–Crippen MR) is 54.8 cm³/mol. The Hall–Kier alpha value is -1.61. The number of hydrazine groups is 1. The van der Waals surface area contributed by atoms with Crippen LogP contribution in [0.2, 0.25) is 0 Å². The van der Waals surface area contributed by atoms with Crippen LogP contribution in [0.1, 0.15) is 19.3 Å². The van der Waals surface area contributed by atoms with E-state index in [2.05, 4.69) is 5.32 Å². The standard InChI is InChI=1S/C10H14N4O2/c11-6-8-7-14(10(16)12-9(8)15)13-4-2-1-3-5-13/h8H,1-5,7H2,(H,12,15,16). The summed E-state index contributed by atoms with van der Waals surface area (Å²) in [6, 6.07) is 1.51. The molecule has 0 radical (unpaired) electrons. The number of hydrogen-bond acceptors (Lipinski definition) is 4. The van der Waals surface area contributed by atoms with Crippen molar-refractivity contribution in [2.24, 2.45) is 5.92 Å². The van der Waals surface area contributed by atoms with Crippen molar-refractivity contribution in [1.82, 2.24) is 15.3 Å². The van der Waals surface area contributed by atoms with E-state index in [9.17, 15) is 9.59 Å². The fourth-order valence-corrected chi connectivity index (χ4v) is 2.06. The normalized spacial score (nSPS) is 27.4. The molecule has 2 heterocycles. The second-order valence-corrected chi connectivity index (χ2v) is 4.07. The van der Waals surface area contributed by atoms with Crippen LogP contribution in [-0.2, 0) is 4.79 Å². The topological polar surface area (TPSA) is 76.4 Å². The van der Waals surface area contributed by atoms with Crippen molar-refractivity contribution in [3.05, 3.63) is 0 Å². The highest BCUT2D eigenvalue weighted by Crippen LogP contribution is 2.16. The van der Waals surface area contributed by atoms with E-state index in [-0.39, 0.29) is 6.54 Å². The van der Waals surface area contributed by atoms with Crippen LogP contribution in [0.3, 0.4) is 0 Å². The van der Waals surface area contributed by atoms with Gasteiger partial charge in [0.05, 0.1) is 12.6 Å². The van der Waals surface area contributed by atoms with Gasteiger partial charge in [-0.05, 0) is 12.8 Å². The van der Waals surface area contributed by atoms with Gasteiger partial charge in [-0.2, -0.15) is 5.26 Å². The van der Waals surface area contributed by atoms with Crippen molar-refractivity contribution in [2.45, 2.75) is 19.3 Å². The second-order valence-electron chi connectivity index (χ2n) is 4.07. The van der Waals surface area contributed by atoms with Gasteiger partial charge in [0.1, 0.15) is 5.92 Å². The molecule has 16 heavy (non-hydrogen) atoms. The van der Waals surface area contributed by atoms with Crippen molar-refractivity contribution in [2.75, 3.05) is 19.6 Å². The zero-order valence-corrected chi connectivity index (χ0v) is 8.98.